The number of sulfone groups is 1. The average Bonchev–Trinajstić information content (AvgIpc) is 3.66. The van der Waals surface area contributed by atoms with Gasteiger partial charge in [0, 0.05) is 23.6 Å². The normalized spacial score (nSPS) is 18.7. The Balaban J connectivity index is 1.32. The lowest BCUT2D eigenvalue weighted by Crippen LogP contribution is -2.24. The van der Waals surface area contributed by atoms with Gasteiger partial charge in [0.15, 0.2) is 0 Å². The van der Waals surface area contributed by atoms with Gasteiger partial charge in [0.05, 0.1) is 33.6 Å². The van der Waals surface area contributed by atoms with Crippen LogP contribution in [-0.4, -0.2) is 34.6 Å². The SMILES string of the molecule is O=c1c2ccc(S(=O)(=O)c3ccccc3)cc2cnn1Cc1cc(C2CC2)n(C2CCCCO2)n1. The van der Waals surface area contributed by atoms with Gasteiger partial charge in [0.1, 0.15) is 6.23 Å². The molecule has 180 valence electrons. The molecule has 8 nitrogen and oxygen atoms in total. The standard InChI is InChI=1S/C26H26N4O4S/c31-26-23-12-11-22(35(32,33)21-6-2-1-3-7-21)14-19(23)16-27-29(26)17-20-15-24(18-9-10-18)30(28-20)25-8-4-5-13-34-25/h1-3,6-7,11-12,14-16,18,25H,4-5,8-10,13,17H2. The summed E-state index contributed by atoms with van der Waals surface area (Å²) in [7, 11) is -3.68. The first-order chi connectivity index (χ1) is 17.0. The summed E-state index contributed by atoms with van der Waals surface area (Å²) in [5.41, 5.74) is 1.68. The van der Waals surface area contributed by atoms with Crippen molar-refractivity contribution in [3.8, 4) is 0 Å². The van der Waals surface area contributed by atoms with Crippen LogP contribution in [0, 0.1) is 0 Å². The summed E-state index contributed by atoms with van der Waals surface area (Å²) in [4.78, 5) is 13.5. The molecule has 1 aliphatic carbocycles. The maximum absolute atomic E-state index is 13.2. The van der Waals surface area contributed by atoms with Gasteiger partial charge in [-0.25, -0.2) is 17.8 Å². The first-order valence-corrected chi connectivity index (χ1v) is 13.5. The number of ether oxygens (including phenoxy) is 1. The third-order valence-corrected chi connectivity index (χ3v) is 8.51. The van der Waals surface area contributed by atoms with E-state index in [4.69, 9.17) is 9.84 Å². The van der Waals surface area contributed by atoms with E-state index in [2.05, 4.69) is 11.2 Å². The smallest absolute Gasteiger partial charge is 0.274 e. The predicted molar refractivity (Wildman–Crippen MR) is 130 cm³/mol. The van der Waals surface area contributed by atoms with Crippen LogP contribution < -0.4 is 5.56 Å². The third kappa shape index (κ3) is 4.19. The van der Waals surface area contributed by atoms with E-state index in [9.17, 15) is 13.2 Å². The molecule has 0 N–H and O–H groups in total. The lowest BCUT2D eigenvalue weighted by atomic mass is 10.2. The minimum Gasteiger partial charge on any atom is -0.357 e. The van der Waals surface area contributed by atoms with Crippen LogP contribution in [0.2, 0.25) is 0 Å². The molecule has 2 aliphatic rings. The van der Waals surface area contributed by atoms with Gasteiger partial charge in [-0.05, 0) is 68.5 Å². The number of hydrogen-bond acceptors (Lipinski definition) is 6. The van der Waals surface area contributed by atoms with Crippen molar-refractivity contribution in [2.75, 3.05) is 6.61 Å². The van der Waals surface area contributed by atoms with Gasteiger partial charge in [-0.15, -0.1) is 0 Å². The molecule has 2 fully saturated rings. The number of benzene rings is 2. The molecule has 2 aromatic carbocycles. The summed E-state index contributed by atoms with van der Waals surface area (Å²) in [6.45, 7) is 0.996. The maximum atomic E-state index is 13.2. The Morgan fingerprint density at radius 2 is 1.80 bits per heavy atom. The van der Waals surface area contributed by atoms with Crippen LogP contribution in [0.15, 0.2) is 75.4 Å². The van der Waals surface area contributed by atoms with Crippen LogP contribution in [0.3, 0.4) is 0 Å². The zero-order valence-corrected chi connectivity index (χ0v) is 20.0. The average molecular weight is 491 g/mol. The molecule has 1 aliphatic heterocycles. The quantitative estimate of drug-likeness (QED) is 0.405. The van der Waals surface area contributed by atoms with Crippen LogP contribution in [0.5, 0.6) is 0 Å². The molecule has 4 aromatic rings. The van der Waals surface area contributed by atoms with Gasteiger partial charge in [0.2, 0.25) is 9.84 Å². The van der Waals surface area contributed by atoms with E-state index in [1.165, 1.54) is 22.5 Å². The van der Waals surface area contributed by atoms with Gasteiger partial charge < -0.3 is 4.74 Å². The summed E-state index contributed by atoms with van der Waals surface area (Å²) in [5.74, 6) is 0.507. The molecular formula is C26H26N4O4S. The molecular weight excluding hydrogens is 464 g/mol. The molecule has 0 amide bonds. The highest BCUT2D eigenvalue weighted by atomic mass is 32.2. The minimum atomic E-state index is -3.68. The fourth-order valence-electron chi connectivity index (χ4n) is 4.71. The van der Waals surface area contributed by atoms with E-state index in [0.717, 1.165) is 44.4 Å². The van der Waals surface area contributed by atoms with E-state index >= 15 is 0 Å². The van der Waals surface area contributed by atoms with Crippen LogP contribution >= 0.6 is 0 Å². The molecule has 1 unspecified atom stereocenters. The van der Waals surface area contributed by atoms with Crippen molar-refractivity contribution in [2.24, 2.45) is 0 Å². The largest absolute Gasteiger partial charge is 0.357 e. The summed E-state index contributed by atoms with van der Waals surface area (Å²) < 4.78 is 35.3. The second-order valence-electron chi connectivity index (χ2n) is 9.27. The molecule has 3 heterocycles. The topological polar surface area (TPSA) is 96.1 Å². The van der Waals surface area contributed by atoms with Gasteiger partial charge in [-0.3, -0.25) is 4.79 Å². The Morgan fingerprint density at radius 1 is 0.971 bits per heavy atom. The van der Waals surface area contributed by atoms with Gasteiger partial charge in [0.25, 0.3) is 5.56 Å². The Bertz CT molecular complexity index is 1550. The second-order valence-corrected chi connectivity index (χ2v) is 11.2. The van der Waals surface area contributed by atoms with Crippen LogP contribution in [0.25, 0.3) is 10.8 Å². The second kappa shape index (κ2) is 8.73. The molecule has 2 aromatic heterocycles. The van der Waals surface area contributed by atoms with Gasteiger partial charge in [-0.1, -0.05) is 18.2 Å². The molecule has 0 radical (unpaired) electrons. The first kappa shape index (κ1) is 22.2. The number of aromatic nitrogens is 4. The summed E-state index contributed by atoms with van der Waals surface area (Å²) in [5, 5.41) is 10.1. The highest BCUT2D eigenvalue weighted by Gasteiger charge is 2.31. The van der Waals surface area contributed by atoms with E-state index in [1.54, 1.807) is 42.6 Å². The Morgan fingerprint density at radius 3 is 2.54 bits per heavy atom. The number of fused-ring (bicyclic) bond motifs is 1. The van der Waals surface area contributed by atoms with Crippen molar-refractivity contribution in [1.29, 1.82) is 0 Å². The van der Waals surface area contributed by atoms with E-state index in [0.29, 0.717) is 16.7 Å². The summed E-state index contributed by atoms with van der Waals surface area (Å²) in [6.07, 6.45) is 6.96. The van der Waals surface area contributed by atoms with E-state index in [-0.39, 0.29) is 28.1 Å². The lowest BCUT2D eigenvalue weighted by Gasteiger charge is -2.24. The molecule has 0 spiro atoms. The van der Waals surface area contributed by atoms with Gasteiger partial charge in [-0.2, -0.15) is 10.2 Å². The maximum Gasteiger partial charge on any atom is 0.274 e. The predicted octanol–water partition coefficient (Wildman–Crippen LogP) is 4.05. The molecule has 35 heavy (non-hydrogen) atoms. The van der Waals surface area contributed by atoms with Crippen molar-refractivity contribution in [3.63, 3.8) is 0 Å². The molecule has 1 atom stereocenters. The Kier molecular flexibility index (Phi) is 5.53. The zero-order chi connectivity index (χ0) is 24.0. The summed E-state index contributed by atoms with van der Waals surface area (Å²) in [6, 6.07) is 14.9. The fourth-order valence-corrected chi connectivity index (χ4v) is 6.02. The Labute approximate surface area is 203 Å². The van der Waals surface area contributed by atoms with Crippen molar-refractivity contribution < 1.29 is 13.2 Å². The first-order valence-electron chi connectivity index (χ1n) is 12.0. The van der Waals surface area contributed by atoms with Crippen LogP contribution in [0.1, 0.15) is 55.6 Å². The van der Waals surface area contributed by atoms with Crippen molar-refractivity contribution >= 4 is 20.6 Å². The van der Waals surface area contributed by atoms with Crippen molar-refractivity contribution in [2.45, 2.75) is 60.6 Å². The van der Waals surface area contributed by atoms with Gasteiger partial charge >= 0.3 is 0 Å². The monoisotopic (exact) mass is 490 g/mol. The number of nitrogens with zero attached hydrogens (tertiary/aromatic N) is 4. The number of rotatable bonds is 6. The summed E-state index contributed by atoms with van der Waals surface area (Å²) >= 11 is 0. The molecule has 1 saturated heterocycles. The van der Waals surface area contributed by atoms with Crippen LogP contribution in [0.4, 0.5) is 0 Å². The minimum absolute atomic E-state index is 0.0423. The van der Waals surface area contributed by atoms with E-state index < -0.39 is 9.84 Å². The molecule has 0 bridgehead atoms. The van der Waals surface area contributed by atoms with Crippen molar-refractivity contribution in [3.05, 3.63) is 82.5 Å². The lowest BCUT2D eigenvalue weighted by molar-refractivity contribution is -0.0413. The molecule has 1 saturated carbocycles. The van der Waals surface area contributed by atoms with Crippen molar-refractivity contribution in [1.82, 2.24) is 19.6 Å². The molecule has 9 heteroatoms. The molecule has 6 rings (SSSR count). The zero-order valence-electron chi connectivity index (χ0n) is 19.2. The fraction of sp³-hybridized carbons (Fsp3) is 0.346. The highest BCUT2D eigenvalue weighted by molar-refractivity contribution is 7.91. The highest BCUT2D eigenvalue weighted by Crippen LogP contribution is 2.42. The number of hydrogen-bond donors (Lipinski definition) is 0. The Hall–Kier alpha value is -3.30. The van der Waals surface area contributed by atoms with E-state index in [1.807, 2.05) is 4.68 Å². The van der Waals surface area contributed by atoms with Crippen LogP contribution in [-0.2, 0) is 21.1 Å². The third-order valence-electron chi connectivity index (χ3n) is 6.74.